The monoisotopic (exact) mass is 215 g/mol. The Morgan fingerprint density at radius 1 is 1.19 bits per heavy atom. The molecule has 3 nitrogen and oxygen atoms in total. The van der Waals surface area contributed by atoms with Crippen molar-refractivity contribution in [2.75, 3.05) is 7.11 Å². The summed E-state index contributed by atoms with van der Waals surface area (Å²) in [6.07, 6.45) is 4.28. The number of hydrogen-bond donors (Lipinski definition) is 0. The first-order valence-corrected chi connectivity index (χ1v) is 5.08. The van der Waals surface area contributed by atoms with Gasteiger partial charge in [-0.05, 0) is 29.8 Å². The van der Waals surface area contributed by atoms with Crippen LogP contribution >= 0.6 is 0 Å². The van der Waals surface area contributed by atoms with Gasteiger partial charge in [0.1, 0.15) is 0 Å². The van der Waals surface area contributed by atoms with Gasteiger partial charge in [0.25, 0.3) is 0 Å². The van der Waals surface area contributed by atoms with Crippen molar-refractivity contribution in [3.05, 3.63) is 54.4 Å². The van der Waals surface area contributed by atoms with E-state index in [0.29, 0.717) is 6.42 Å². The van der Waals surface area contributed by atoms with Gasteiger partial charge in [-0.3, -0.25) is 4.79 Å². The van der Waals surface area contributed by atoms with Crippen LogP contribution in [0.3, 0.4) is 0 Å². The van der Waals surface area contributed by atoms with E-state index >= 15 is 0 Å². The molecule has 0 spiro atoms. The molecule has 1 heterocycles. The van der Waals surface area contributed by atoms with Gasteiger partial charge in [-0.2, -0.15) is 0 Å². The number of ether oxygens (including phenoxy) is 1. The maximum Gasteiger partial charge on any atom is 0.309 e. The lowest BCUT2D eigenvalue weighted by Crippen LogP contribution is -2.04. The maximum absolute atomic E-state index is 11.1. The predicted octanol–water partition coefficient (Wildman–Crippen LogP) is 2.19. The third-order valence-corrected chi connectivity index (χ3v) is 2.42. The molecule has 2 aromatic rings. The van der Waals surface area contributed by atoms with Gasteiger partial charge in [0.15, 0.2) is 0 Å². The number of aromatic nitrogens is 1. The zero-order valence-electron chi connectivity index (χ0n) is 9.09. The van der Waals surface area contributed by atoms with Gasteiger partial charge in [0, 0.05) is 18.1 Å². The van der Waals surface area contributed by atoms with E-state index in [-0.39, 0.29) is 5.97 Å². The van der Waals surface area contributed by atoms with Crippen LogP contribution in [0, 0.1) is 0 Å². The summed E-state index contributed by atoms with van der Waals surface area (Å²) in [6.45, 7) is 0. The summed E-state index contributed by atoms with van der Waals surface area (Å²) in [5.74, 6) is -0.214. The highest BCUT2D eigenvalue weighted by Crippen LogP contribution is 2.10. The summed E-state index contributed by atoms with van der Waals surface area (Å²) in [5, 5.41) is 0. The molecule has 1 aromatic carbocycles. The van der Waals surface area contributed by atoms with Crippen molar-refractivity contribution < 1.29 is 9.53 Å². The Labute approximate surface area is 94.3 Å². The molecule has 0 aliphatic carbocycles. The molecule has 0 fully saturated rings. The molecule has 0 amide bonds. The highest BCUT2D eigenvalue weighted by Gasteiger charge is 2.02. The third-order valence-electron chi connectivity index (χ3n) is 2.42. The van der Waals surface area contributed by atoms with Gasteiger partial charge in [-0.15, -0.1) is 0 Å². The molecule has 0 radical (unpaired) electrons. The molecule has 0 saturated heterocycles. The number of rotatable bonds is 3. The average molecular weight is 215 g/mol. The molecule has 16 heavy (non-hydrogen) atoms. The highest BCUT2D eigenvalue weighted by atomic mass is 16.5. The van der Waals surface area contributed by atoms with E-state index in [0.717, 1.165) is 11.3 Å². The van der Waals surface area contributed by atoms with E-state index in [1.165, 1.54) is 7.11 Å². The van der Waals surface area contributed by atoms with Crippen molar-refractivity contribution in [2.45, 2.75) is 6.42 Å². The van der Waals surface area contributed by atoms with Crippen molar-refractivity contribution in [3.63, 3.8) is 0 Å². The Morgan fingerprint density at radius 3 is 2.38 bits per heavy atom. The number of nitrogens with zero attached hydrogens (tertiary/aromatic N) is 1. The first-order valence-electron chi connectivity index (χ1n) is 5.08. The minimum absolute atomic E-state index is 0.214. The van der Waals surface area contributed by atoms with Gasteiger partial charge in [-0.1, -0.05) is 12.1 Å². The van der Waals surface area contributed by atoms with Crippen LogP contribution in [0.15, 0.2) is 48.8 Å². The fourth-order valence-corrected chi connectivity index (χ4v) is 1.53. The Bertz CT molecular complexity index is 457. The number of methoxy groups -OCH3 is 1. The molecule has 0 bridgehead atoms. The van der Waals surface area contributed by atoms with Gasteiger partial charge in [0.2, 0.25) is 0 Å². The van der Waals surface area contributed by atoms with E-state index in [4.69, 9.17) is 0 Å². The fourth-order valence-electron chi connectivity index (χ4n) is 1.53. The van der Waals surface area contributed by atoms with Crippen LogP contribution in [0.5, 0.6) is 0 Å². The van der Waals surface area contributed by atoms with Crippen LogP contribution in [0.25, 0.3) is 5.69 Å². The number of esters is 1. The number of carbonyl (C=O) groups is 1. The maximum atomic E-state index is 11.1. The normalized spacial score (nSPS) is 10.1. The van der Waals surface area contributed by atoms with Crippen molar-refractivity contribution in [2.24, 2.45) is 0 Å². The van der Waals surface area contributed by atoms with Crippen LogP contribution < -0.4 is 0 Å². The molecular weight excluding hydrogens is 202 g/mol. The largest absolute Gasteiger partial charge is 0.469 e. The number of benzene rings is 1. The van der Waals surface area contributed by atoms with Crippen molar-refractivity contribution in [3.8, 4) is 5.69 Å². The van der Waals surface area contributed by atoms with Crippen LogP contribution in [0.2, 0.25) is 0 Å². The standard InChI is InChI=1S/C13H13NO2/c1-16-13(15)10-11-4-6-12(7-5-11)14-8-2-3-9-14/h2-9H,10H2,1H3. The van der Waals surface area contributed by atoms with Gasteiger partial charge in [0.05, 0.1) is 13.5 Å². The van der Waals surface area contributed by atoms with E-state index in [9.17, 15) is 4.79 Å². The van der Waals surface area contributed by atoms with E-state index in [2.05, 4.69) is 4.74 Å². The molecule has 0 saturated carbocycles. The minimum Gasteiger partial charge on any atom is -0.469 e. The molecule has 0 atom stereocenters. The molecular formula is C13H13NO2. The summed E-state index contributed by atoms with van der Waals surface area (Å²) < 4.78 is 6.63. The smallest absolute Gasteiger partial charge is 0.309 e. The molecule has 1 aromatic heterocycles. The second-order valence-corrected chi connectivity index (χ2v) is 3.51. The van der Waals surface area contributed by atoms with E-state index in [1.54, 1.807) is 0 Å². The lowest BCUT2D eigenvalue weighted by Gasteiger charge is -2.04. The van der Waals surface area contributed by atoms with Gasteiger partial charge in [-0.25, -0.2) is 0 Å². The zero-order chi connectivity index (χ0) is 11.4. The Balaban J connectivity index is 2.14. The fraction of sp³-hybridized carbons (Fsp3) is 0.154. The molecule has 2 rings (SSSR count). The molecule has 0 aliphatic heterocycles. The van der Waals surface area contributed by atoms with E-state index < -0.39 is 0 Å². The Hall–Kier alpha value is -2.03. The molecule has 0 unspecified atom stereocenters. The van der Waals surface area contributed by atoms with Crippen LogP contribution in [-0.2, 0) is 16.0 Å². The summed E-state index contributed by atoms with van der Waals surface area (Å²) in [5.41, 5.74) is 2.04. The SMILES string of the molecule is COC(=O)Cc1ccc(-n2cccc2)cc1. The molecule has 82 valence electrons. The summed E-state index contributed by atoms with van der Waals surface area (Å²) in [6, 6.07) is 11.8. The van der Waals surface area contributed by atoms with Crippen LogP contribution in [0.1, 0.15) is 5.56 Å². The summed E-state index contributed by atoms with van der Waals surface area (Å²) in [7, 11) is 1.40. The van der Waals surface area contributed by atoms with Crippen molar-refractivity contribution in [1.29, 1.82) is 0 Å². The van der Waals surface area contributed by atoms with Crippen molar-refractivity contribution >= 4 is 5.97 Å². The summed E-state index contributed by atoms with van der Waals surface area (Å²) >= 11 is 0. The lowest BCUT2D eigenvalue weighted by atomic mass is 10.1. The van der Waals surface area contributed by atoms with Gasteiger partial charge < -0.3 is 9.30 Å². The first kappa shape index (κ1) is 10.5. The van der Waals surface area contributed by atoms with E-state index in [1.807, 2.05) is 53.4 Å². The molecule has 3 heteroatoms. The third kappa shape index (κ3) is 2.31. The number of hydrogen-bond acceptors (Lipinski definition) is 2. The topological polar surface area (TPSA) is 31.2 Å². The minimum atomic E-state index is -0.214. The predicted molar refractivity (Wildman–Crippen MR) is 61.5 cm³/mol. The van der Waals surface area contributed by atoms with Crippen LogP contribution in [0.4, 0.5) is 0 Å². The second-order valence-electron chi connectivity index (χ2n) is 3.51. The second kappa shape index (κ2) is 4.66. The lowest BCUT2D eigenvalue weighted by molar-refractivity contribution is -0.139. The summed E-state index contributed by atoms with van der Waals surface area (Å²) in [4.78, 5) is 11.1. The van der Waals surface area contributed by atoms with Crippen LogP contribution in [-0.4, -0.2) is 17.6 Å². The Morgan fingerprint density at radius 2 is 1.81 bits per heavy atom. The molecule has 0 N–H and O–H groups in total. The zero-order valence-corrected chi connectivity index (χ0v) is 9.09. The average Bonchev–Trinajstić information content (AvgIpc) is 2.83. The Kier molecular flexibility index (Phi) is 3.05. The molecule has 0 aliphatic rings. The highest BCUT2D eigenvalue weighted by molar-refractivity contribution is 5.72. The quantitative estimate of drug-likeness (QED) is 0.735. The van der Waals surface area contributed by atoms with Gasteiger partial charge >= 0.3 is 5.97 Å². The van der Waals surface area contributed by atoms with Crippen molar-refractivity contribution in [1.82, 2.24) is 4.57 Å². The first-order chi connectivity index (χ1) is 7.79. The number of carbonyl (C=O) groups excluding carboxylic acids is 1.